The second-order valence-corrected chi connectivity index (χ2v) is 6.44. The third-order valence-corrected chi connectivity index (χ3v) is 4.62. The molecule has 1 saturated heterocycles. The summed E-state index contributed by atoms with van der Waals surface area (Å²) in [5.74, 6) is 0.775. The molecule has 1 aromatic carbocycles. The molecule has 7 heteroatoms. The molecule has 1 aromatic heterocycles. The third-order valence-electron chi connectivity index (χ3n) is 4.62. The number of carbonyl (C=O) groups excluding carboxylic acids is 2. The van der Waals surface area contributed by atoms with Crippen LogP contribution in [0.15, 0.2) is 40.9 Å². The molecule has 138 valence electrons. The Kier molecular flexibility index (Phi) is 5.68. The van der Waals surface area contributed by atoms with Crippen molar-refractivity contribution in [2.75, 3.05) is 25.5 Å². The molecular weight excluding hydrogens is 334 g/mol. The summed E-state index contributed by atoms with van der Waals surface area (Å²) < 4.78 is 10.4. The number of amides is 2. The molecule has 2 heterocycles. The maximum atomic E-state index is 12.8. The van der Waals surface area contributed by atoms with E-state index in [2.05, 4.69) is 10.5 Å². The molecular formula is C19H23N3O4. The van der Waals surface area contributed by atoms with Crippen LogP contribution in [0.4, 0.5) is 5.82 Å². The number of ether oxygens (including phenoxy) is 1. The number of aryl methyl sites for hydroxylation is 1. The number of benzene rings is 1. The standard InChI is InChI=1S/C19H23N3O4/c1-13-12-16(21-26-13)20-18(23)15-8-10-22(11-9-15)19(24)17(25-2)14-6-4-3-5-7-14/h3-7,12,15,17H,8-11H2,1-2H3,(H,20,21,23)/t17-/m0/s1. The average molecular weight is 357 g/mol. The zero-order valence-electron chi connectivity index (χ0n) is 15.0. The number of piperidine rings is 1. The molecule has 2 amide bonds. The Bertz CT molecular complexity index is 751. The molecule has 0 saturated carbocycles. The minimum Gasteiger partial charge on any atom is -0.367 e. The number of rotatable bonds is 5. The van der Waals surface area contributed by atoms with Crippen LogP contribution >= 0.6 is 0 Å². The van der Waals surface area contributed by atoms with Crippen molar-refractivity contribution in [1.29, 1.82) is 0 Å². The Morgan fingerprint density at radius 3 is 2.54 bits per heavy atom. The van der Waals surface area contributed by atoms with Crippen LogP contribution in [0.5, 0.6) is 0 Å². The molecule has 1 aliphatic rings. The van der Waals surface area contributed by atoms with Crippen LogP contribution in [0.3, 0.4) is 0 Å². The molecule has 1 fully saturated rings. The van der Waals surface area contributed by atoms with Gasteiger partial charge in [-0.25, -0.2) is 0 Å². The monoisotopic (exact) mass is 357 g/mol. The van der Waals surface area contributed by atoms with E-state index in [9.17, 15) is 9.59 Å². The van der Waals surface area contributed by atoms with Crippen molar-refractivity contribution >= 4 is 17.6 Å². The molecule has 0 aliphatic carbocycles. The summed E-state index contributed by atoms with van der Waals surface area (Å²) in [4.78, 5) is 26.9. The predicted octanol–water partition coefficient (Wildman–Crippen LogP) is 2.55. The number of nitrogens with zero attached hydrogens (tertiary/aromatic N) is 2. The molecule has 2 aromatic rings. The first-order valence-electron chi connectivity index (χ1n) is 8.69. The molecule has 1 N–H and O–H groups in total. The van der Waals surface area contributed by atoms with Crippen LogP contribution in [0.2, 0.25) is 0 Å². The molecule has 7 nitrogen and oxygen atoms in total. The molecule has 0 spiro atoms. The first-order valence-corrected chi connectivity index (χ1v) is 8.69. The number of nitrogens with one attached hydrogen (secondary N) is 1. The van der Waals surface area contributed by atoms with Gasteiger partial charge >= 0.3 is 0 Å². The Hall–Kier alpha value is -2.67. The quantitative estimate of drug-likeness (QED) is 0.889. The average Bonchev–Trinajstić information content (AvgIpc) is 3.08. The van der Waals surface area contributed by atoms with Crippen molar-refractivity contribution in [3.63, 3.8) is 0 Å². The SMILES string of the molecule is CO[C@H](C(=O)N1CCC(C(=O)Nc2cc(C)on2)CC1)c1ccccc1. The lowest BCUT2D eigenvalue weighted by molar-refractivity contribution is -0.144. The van der Waals surface area contributed by atoms with Gasteiger partial charge in [0.1, 0.15) is 5.76 Å². The van der Waals surface area contributed by atoms with Crippen LogP contribution in [0.1, 0.15) is 30.3 Å². The van der Waals surface area contributed by atoms with E-state index in [0.717, 1.165) is 5.56 Å². The number of hydrogen-bond acceptors (Lipinski definition) is 5. The first-order chi connectivity index (χ1) is 12.6. The first kappa shape index (κ1) is 18.1. The van der Waals surface area contributed by atoms with Crippen LogP contribution in [-0.2, 0) is 14.3 Å². The predicted molar refractivity (Wildman–Crippen MR) is 95.4 cm³/mol. The molecule has 1 aliphatic heterocycles. The van der Waals surface area contributed by atoms with Gasteiger partial charge in [0, 0.05) is 32.2 Å². The highest BCUT2D eigenvalue weighted by molar-refractivity contribution is 5.92. The Labute approximate surface area is 152 Å². The van der Waals surface area contributed by atoms with Gasteiger partial charge in [0.2, 0.25) is 5.91 Å². The number of carbonyl (C=O) groups is 2. The van der Waals surface area contributed by atoms with Gasteiger partial charge in [0.25, 0.3) is 5.91 Å². The van der Waals surface area contributed by atoms with Crippen molar-refractivity contribution in [2.45, 2.75) is 25.9 Å². The van der Waals surface area contributed by atoms with E-state index in [0.29, 0.717) is 37.5 Å². The summed E-state index contributed by atoms with van der Waals surface area (Å²) in [6, 6.07) is 11.1. The van der Waals surface area contributed by atoms with Crippen molar-refractivity contribution < 1.29 is 18.8 Å². The second-order valence-electron chi connectivity index (χ2n) is 6.44. The summed E-state index contributed by atoms with van der Waals surface area (Å²) in [7, 11) is 1.54. The lowest BCUT2D eigenvalue weighted by Crippen LogP contribution is -2.43. The fourth-order valence-corrected chi connectivity index (χ4v) is 3.19. The Morgan fingerprint density at radius 2 is 1.96 bits per heavy atom. The minimum absolute atomic E-state index is 0.0651. The summed E-state index contributed by atoms with van der Waals surface area (Å²) >= 11 is 0. The number of anilines is 1. The van der Waals surface area contributed by atoms with Gasteiger partial charge in [-0.2, -0.15) is 0 Å². The Morgan fingerprint density at radius 1 is 1.27 bits per heavy atom. The van der Waals surface area contributed by atoms with Gasteiger partial charge in [-0.05, 0) is 25.3 Å². The molecule has 3 rings (SSSR count). The summed E-state index contributed by atoms with van der Waals surface area (Å²) in [6.45, 7) is 2.83. The van der Waals surface area contributed by atoms with Crippen molar-refractivity contribution in [3.05, 3.63) is 47.7 Å². The zero-order valence-corrected chi connectivity index (χ0v) is 15.0. The van der Waals surface area contributed by atoms with E-state index < -0.39 is 6.10 Å². The molecule has 1 atom stereocenters. The second kappa shape index (κ2) is 8.14. The minimum atomic E-state index is -0.611. The molecule has 26 heavy (non-hydrogen) atoms. The van der Waals surface area contributed by atoms with Gasteiger partial charge in [-0.1, -0.05) is 35.5 Å². The van der Waals surface area contributed by atoms with Crippen LogP contribution < -0.4 is 5.32 Å². The molecule has 0 unspecified atom stereocenters. The zero-order chi connectivity index (χ0) is 18.5. The molecule has 0 bridgehead atoms. The highest BCUT2D eigenvalue weighted by Gasteiger charge is 2.31. The maximum Gasteiger partial charge on any atom is 0.256 e. The van der Waals surface area contributed by atoms with Crippen LogP contribution in [0, 0.1) is 12.8 Å². The highest BCUT2D eigenvalue weighted by Crippen LogP contribution is 2.24. The molecule has 0 radical (unpaired) electrons. The van der Waals surface area contributed by atoms with Crippen molar-refractivity contribution in [1.82, 2.24) is 10.1 Å². The largest absolute Gasteiger partial charge is 0.367 e. The smallest absolute Gasteiger partial charge is 0.256 e. The van der Waals surface area contributed by atoms with Crippen LogP contribution in [0.25, 0.3) is 0 Å². The normalized spacial score (nSPS) is 16.3. The van der Waals surface area contributed by atoms with E-state index in [1.807, 2.05) is 30.3 Å². The Balaban J connectivity index is 1.55. The van der Waals surface area contributed by atoms with Crippen molar-refractivity contribution in [3.8, 4) is 0 Å². The van der Waals surface area contributed by atoms with Crippen molar-refractivity contribution in [2.24, 2.45) is 5.92 Å². The summed E-state index contributed by atoms with van der Waals surface area (Å²) in [6.07, 6.45) is 0.610. The van der Waals surface area contributed by atoms with E-state index in [1.165, 1.54) is 7.11 Å². The van der Waals surface area contributed by atoms with Gasteiger partial charge in [0.05, 0.1) is 0 Å². The topological polar surface area (TPSA) is 84.7 Å². The maximum absolute atomic E-state index is 12.8. The van der Waals surface area contributed by atoms with E-state index in [-0.39, 0.29) is 17.7 Å². The summed E-state index contributed by atoms with van der Waals surface area (Å²) in [5.41, 5.74) is 0.835. The van der Waals surface area contributed by atoms with E-state index in [1.54, 1.807) is 17.9 Å². The van der Waals surface area contributed by atoms with Gasteiger partial charge < -0.3 is 19.5 Å². The van der Waals surface area contributed by atoms with E-state index in [4.69, 9.17) is 9.26 Å². The fourth-order valence-electron chi connectivity index (χ4n) is 3.19. The fraction of sp³-hybridized carbons (Fsp3) is 0.421. The number of hydrogen-bond donors (Lipinski definition) is 1. The number of likely N-dealkylation sites (tertiary alicyclic amines) is 1. The van der Waals surface area contributed by atoms with Gasteiger partial charge in [-0.15, -0.1) is 0 Å². The lowest BCUT2D eigenvalue weighted by atomic mass is 9.95. The number of methoxy groups -OCH3 is 1. The van der Waals surface area contributed by atoms with Crippen LogP contribution in [-0.4, -0.2) is 42.1 Å². The third kappa shape index (κ3) is 4.11. The summed E-state index contributed by atoms with van der Waals surface area (Å²) in [5, 5.41) is 6.54. The van der Waals surface area contributed by atoms with Gasteiger partial charge in [-0.3, -0.25) is 9.59 Å². The lowest BCUT2D eigenvalue weighted by Gasteiger charge is -2.33. The highest BCUT2D eigenvalue weighted by atomic mass is 16.5. The number of aromatic nitrogens is 1. The van der Waals surface area contributed by atoms with E-state index >= 15 is 0 Å². The van der Waals surface area contributed by atoms with Gasteiger partial charge in [0.15, 0.2) is 11.9 Å².